The normalized spacial score (nSPS) is 11.6. The van der Waals surface area contributed by atoms with E-state index in [4.69, 9.17) is 14.6 Å². The van der Waals surface area contributed by atoms with Crippen LogP contribution >= 0.6 is 11.3 Å². The number of rotatable bonds is 10. The molecule has 0 saturated heterocycles. The Hall–Kier alpha value is -2.79. The molecule has 0 atom stereocenters. The van der Waals surface area contributed by atoms with Crippen LogP contribution in [0.15, 0.2) is 36.4 Å². The van der Waals surface area contributed by atoms with E-state index in [1.165, 1.54) is 24.3 Å². The summed E-state index contributed by atoms with van der Waals surface area (Å²) in [5.41, 5.74) is -0.691. The third kappa shape index (κ3) is 6.13. The molecule has 0 unspecified atom stereocenters. The van der Waals surface area contributed by atoms with Gasteiger partial charge in [0.25, 0.3) is 0 Å². The first-order valence-electron chi connectivity index (χ1n) is 9.64. The first-order chi connectivity index (χ1) is 15.3. The van der Waals surface area contributed by atoms with E-state index in [1.54, 1.807) is 0 Å². The first kappa shape index (κ1) is 23.9. The van der Waals surface area contributed by atoms with Crippen molar-refractivity contribution in [3.8, 4) is 22.1 Å². The molecule has 32 heavy (non-hydrogen) atoms. The van der Waals surface area contributed by atoms with Gasteiger partial charge in [-0.05, 0) is 43.2 Å². The van der Waals surface area contributed by atoms with Gasteiger partial charge in [-0.1, -0.05) is 17.4 Å². The van der Waals surface area contributed by atoms with Gasteiger partial charge in [-0.3, -0.25) is 0 Å². The number of benzene rings is 2. The highest BCUT2D eigenvalue weighted by molar-refractivity contribution is 7.14. The molecule has 0 spiro atoms. The summed E-state index contributed by atoms with van der Waals surface area (Å²) in [5.74, 6) is -2.65. The number of halogens is 5. The van der Waals surface area contributed by atoms with E-state index < -0.39 is 23.4 Å². The van der Waals surface area contributed by atoms with Crippen LogP contribution < -0.4 is 9.47 Å². The monoisotopic (exact) mass is 474 g/mol. The largest absolute Gasteiger partial charge is 0.493 e. The van der Waals surface area contributed by atoms with Gasteiger partial charge in [0.1, 0.15) is 15.8 Å². The maximum absolute atomic E-state index is 13.5. The number of aromatic nitrogens is 2. The average molecular weight is 474 g/mol. The summed E-state index contributed by atoms with van der Waals surface area (Å²) in [6, 6.07) is 7.21. The van der Waals surface area contributed by atoms with Crippen LogP contribution in [0.25, 0.3) is 10.6 Å². The summed E-state index contributed by atoms with van der Waals surface area (Å²) < 4.78 is 77.7. The second-order valence-corrected chi connectivity index (χ2v) is 7.70. The van der Waals surface area contributed by atoms with Crippen LogP contribution in [0.2, 0.25) is 0 Å². The summed E-state index contributed by atoms with van der Waals surface area (Å²) in [5, 5.41) is 17.5. The molecular weight excluding hydrogens is 455 g/mol. The minimum Gasteiger partial charge on any atom is -0.493 e. The zero-order chi connectivity index (χ0) is 23.1. The van der Waals surface area contributed by atoms with Crippen molar-refractivity contribution in [3.05, 3.63) is 58.6 Å². The molecule has 0 aliphatic rings. The maximum atomic E-state index is 13.5. The molecule has 0 bridgehead atoms. The third-order valence-corrected chi connectivity index (χ3v) is 5.33. The van der Waals surface area contributed by atoms with Gasteiger partial charge in [-0.15, -0.1) is 10.2 Å². The smallest absolute Gasteiger partial charge is 0.419 e. The highest BCUT2D eigenvalue weighted by atomic mass is 32.1. The van der Waals surface area contributed by atoms with Crippen molar-refractivity contribution in [3.63, 3.8) is 0 Å². The predicted molar refractivity (Wildman–Crippen MR) is 108 cm³/mol. The van der Waals surface area contributed by atoms with Gasteiger partial charge in [-0.2, -0.15) is 17.6 Å². The van der Waals surface area contributed by atoms with Crippen molar-refractivity contribution >= 4 is 11.3 Å². The Bertz CT molecular complexity index is 1040. The molecule has 1 aromatic heterocycles. The van der Waals surface area contributed by atoms with Crippen LogP contribution in [0.5, 0.6) is 11.5 Å². The minimum absolute atomic E-state index is 0.0170. The van der Waals surface area contributed by atoms with Gasteiger partial charge in [0, 0.05) is 18.6 Å². The summed E-state index contributed by atoms with van der Waals surface area (Å²) in [4.78, 5) is 0. The summed E-state index contributed by atoms with van der Waals surface area (Å²) in [7, 11) is 0. The number of hydrogen-bond donors (Lipinski definition) is 1. The molecule has 2 aromatic carbocycles. The molecule has 0 amide bonds. The van der Waals surface area contributed by atoms with Gasteiger partial charge in [-0.25, -0.2) is 4.39 Å². The lowest BCUT2D eigenvalue weighted by Crippen LogP contribution is -2.10. The zero-order valence-corrected chi connectivity index (χ0v) is 17.5. The Morgan fingerprint density at radius 2 is 1.66 bits per heavy atom. The van der Waals surface area contributed by atoms with Crippen molar-refractivity contribution < 1.29 is 36.5 Å². The molecule has 0 saturated carbocycles. The maximum Gasteiger partial charge on any atom is 0.419 e. The fraction of sp³-hybridized carbons (Fsp3) is 0.333. The van der Waals surface area contributed by atoms with Crippen molar-refractivity contribution in [1.82, 2.24) is 10.2 Å². The van der Waals surface area contributed by atoms with Gasteiger partial charge in [0.2, 0.25) is 5.82 Å². The van der Waals surface area contributed by atoms with E-state index in [0.29, 0.717) is 22.9 Å². The second-order valence-electron chi connectivity index (χ2n) is 6.64. The Labute approximate surface area is 184 Å². The molecule has 3 rings (SSSR count). The standard InChI is InChI=1S/C21H19F5N2O3S/c22-15-4-3-5-17(19(15)23)31-11-2-1-10-30-16-7-6-13(12-14(16)21(24,25)26)20-28-27-18(32-20)8-9-29/h3-7,12,29H,1-2,8-11H2. The number of unbranched alkanes of at least 4 members (excludes halogenated alkanes) is 1. The van der Waals surface area contributed by atoms with Crippen LogP contribution in [-0.4, -0.2) is 35.1 Å². The van der Waals surface area contributed by atoms with Gasteiger partial charge >= 0.3 is 6.18 Å². The molecule has 1 heterocycles. The van der Waals surface area contributed by atoms with Crippen LogP contribution in [0.4, 0.5) is 22.0 Å². The van der Waals surface area contributed by atoms with Crippen LogP contribution in [0, 0.1) is 11.6 Å². The topological polar surface area (TPSA) is 64.5 Å². The molecule has 1 N–H and O–H groups in total. The van der Waals surface area contributed by atoms with Crippen LogP contribution in [-0.2, 0) is 12.6 Å². The molecule has 0 fully saturated rings. The molecule has 3 aromatic rings. The fourth-order valence-corrected chi connectivity index (χ4v) is 3.57. The predicted octanol–water partition coefficient (Wildman–Crippen LogP) is 5.27. The highest BCUT2D eigenvalue weighted by Gasteiger charge is 2.35. The number of ether oxygens (including phenoxy) is 2. The van der Waals surface area contributed by atoms with E-state index in [2.05, 4.69) is 10.2 Å². The average Bonchev–Trinajstić information content (AvgIpc) is 3.22. The molecular formula is C21H19F5N2O3S. The number of aliphatic hydroxyl groups is 1. The lowest BCUT2D eigenvalue weighted by molar-refractivity contribution is -0.138. The van der Waals surface area contributed by atoms with E-state index in [-0.39, 0.29) is 43.3 Å². The van der Waals surface area contributed by atoms with Gasteiger partial charge < -0.3 is 14.6 Å². The SMILES string of the molecule is OCCc1nnc(-c2ccc(OCCCCOc3cccc(F)c3F)c(C(F)(F)F)c2)s1. The van der Waals surface area contributed by atoms with Crippen LogP contribution in [0.3, 0.4) is 0 Å². The number of hydrogen-bond acceptors (Lipinski definition) is 6. The Morgan fingerprint density at radius 1 is 0.938 bits per heavy atom. The lowest BCUT2D eigenvalue weighted by atomic mass is 10.1. The van der Waals surface area contributed by atoms with E-state index in [1.807, 2.05) is 0 Å². The van der Waals surface area contributed by atoms with Crippen molar-refractivity contribution in [2.24, 2.45) is 0 Å². The van der Waals surface area contributed by atoms with Gasteiger partial charge in [0.15, 0.2) is 11.6 Å². The van der Waals surface area contributed by atoms with E-state index >= 15 is 0 Å². The summed E-state index contributed by atoms with van der Waals surface area (Å²) in [6.45, 7) is -0.0870. The molecule has 0 aliphatic carbocycles. The highest BCUT2D eigenvalue weighted by Crippen LogP contribution is 2.39. The Balaban J connectivity index is 1.57. The molecule has 0 aliphatic heterocycles. The third-order valence-electron chi connectivity index (χ3n) is 4.29. The van der Waals surface area contributed by atoms with E-state index in [0.717, 1.165) is 23.5 Å². The fourth-order valence-electron chi connectivity index (χ4n) is 2.74. The second kappa shape index (κ2) is 10.7. The zero-order valence-electron chi connectivity index (χ0n) is 16.7. The van der Waals surface area contributed by atoms with Crippen molar-refractivity contribution in [2.45, 2.75) is 25.4 Å². The first-order valence-corrected chi connectivity index (χ1v) is 10.5. The summed E-state index contributed by atoms with van der Waals surface area (Å²) in [6.07, 6.45) is -3.65. The van der Waals surface area contributed by atoms with Crippen molar-refractivity contribution in [2.75, 3.05) is 19.8 Å². The Kier molecular flexibility index (Phi) is 7.97. The number of nitrogens with zero attached hydrogens (tertiary/aromatic N) is 2. The quantitative estimate of drug-likeness (QED) is 0.320. The molecule has 0 radical (unpaired) electrons. The van der Waals surface area contributed by atoms with E-state index in [9.17, 15) is 22.0 Å². The molecule has 11 heteroatoms. The Morgan fingerprint density at radius 3 is 2.34 bits per heavy atom. The molecule has 5 nitrogen and oxygen atoms in total. The van der Waals surface area contributed by atoms with Gasteiger partial charge in [0.05, 0.1) is 18.8 Å². The minimum atomic E-state index is -4.64. The van der Waals surface area contributed by atoms with Crippen LogP contribution in [0.1, 0.15) is 23.4 Å². The van der Waals surface area contributed by atoms with Crippen molar-refractivity contribution in [1.29, 1.82) is 0 Å². The summed E-state index contributed by atoms with van der Waals surface area (Å²) >= 11 is 1.11. The lowest BCUT2D eigenvalue weighted by Gasteiger charge is -2.15. The molecule has 172 valence electrons. The number of alkyl halides is 3. The number of aliphatic hydroxyl groups excluding tert-OH is 1.